The number of aryl methyl sites for hydroxylation is 1. The Morgan fingerprint density at radius 2 is 2.19 bits per heavy atom. The summed E-state index contributed by atoms with van der Waals surface area (Å²) >= 11 is 1.41. The molecule has 6 heteroatoms. The van der Waals surface area contributed by atoms with Crippen LogP contribution in [-0.2, 0) is 14.3 Å². The van der Waals surface area contributed by atoms with Gasteiger partial charge in [-0.2, -0.15) is 0 Å². The van der Waals surface area contributed by atoms with Gasteiger partial charge in [0, 0.05) is 11.5 Å². The first-order valence-corrected chi connectivity index (χ1v) is 8.03. The molecule has 2 heterocycles. The molecule has 0 aliphatic carbocycles. The third-order valence-electron chi connectivity index (χ3n) is 3.55. The minimum atomic E-state index is -0.383. The molecule has 0 saturated carbocycles. The highest BCUT2D eigenvalue weighted by molar-refractivity contribution is 7.16. The summed E-state index contributed by atoms with van der Waals surface area (Å²) in [5, 5.41) is 3.41. The van der Waals surface area contributed by atoms with Crippen molar-refractivity contribution in [2.45, 2.75) is 46.1 Å². The molecule has 0 spiro atoms. The summed E-state index contributed by atoms with van der Waals surface area (Å²) in [5.74, 6) is -0.500. The van der Waals surface area contributed by atoms with Crippen LogP contribution in [0.4, 0.5) is 5.00 Å². The predicted molar refractivity (Wildman–Crippen MR) is 82.0 cm³/mol. The van der Waals surface area contributed by atoms with E-state index in [4.69, 9.17) is 9.47 Å². The number of rotatable bonds is 5. The molecule has 1 amide bonds. The summed E-state index contributed by atoms with van der Waals surface area (Å²) in [6, 6.07) is 0. The Hall–Kier alpha value is -1.40. The van der Waals surface area contributed by atoms with E-state index >= 15 is 0 Å². The van der Waals surface area contributed by atoms with Gasteiger partial charge in [-0.05, 0) is 39.2 Å². The zero-order valence-corrected chi connectivity index (χ0v) is 13.5. The maximum absolute atomic E-state index is 12.1. The number of hydrogen-bond acceptors (Lipinski definition) is 5. The van der Waals surface area contributed by atoms with Crippen LogP contribution < -0.4 is 5.32 Å². The monoisotopic (exact) mass is 311 g/mol. The Kier molecular flexibility index (Phi) is 5.36. The number of anilines is 1. The second kappa shape index (κ2) is 7.04. The van der Waals surface area contributed by atoms with E-state index in [0.29, 0.717) is 23.6 Å². The molecule has 1 fully saturated rings. The van der Waals surface area contributed by atoms with E-state index in [9.17, 15) is 9.59 Å². The van der Waals surface area contributed by atoms with E-state index in [2.05, 4.69) is 5.32 Å². The molecule has 21 heavy (non-hydrogen) atoms. The number of thiophene rings is 1. The molecule has 1 unspecified atom stereocenters. The lowest BCUT2D eigenvalue weighted by molar-refractivity contribution is -0.118. The van der Waals surface area contributed by atoms with Gasteiger partial charge < -0.3 is 14.8 Å². The van der Waals surface area contributed by atoms with Crippen molar-refractivity contribution in [1.29, 1.82) is 0 Å². The summed E-state index contributed by atoms with van der Waals surface area (Å²) in [6.45, 7) is 6.61. The highest BCUT2D eigenvalue weighted by atomic mass is 32.1. The van der Waals surface area contributed by atoms with E-state index in [1.807, 2.05) is 13.8 Å². The number of carbonyl (C=O) groups is 2. The first-order valence-electron chi connectivity index (χ1n) is 7.21. The maximum Gasteiger partial charge on any atom is 0.341 e. The molecule has 1 aromatic rings. The van der Waals surface area contributed by atoms with Crippen LogP contribution in [0.5, 0.6) is 0 Å². The average Bonchev–Trinajstić information content (AvgIpc) is 2.99. The Labute approximate surface area is 128 Å². The molecule has 1 saturated heterocycles. The van der Waals surface area contributed by atoms with Crippen LogP contribution in [0.25, 0.3) is 0 Å². The zero-order valence-electron chi connectivity index (χ0n) is 12.7. The van der Waals surface area contributed by atoms with Gasteiger partial charge in [0.25, 0.3) is 0 Å². The van der Waals surface area contributed by atoms with E-state index in [1.54, 1.807) is 6.92 Å². The van der Waals surface area contributed by atoms with Crippen molar-refractivity contribution in [2.24, 2.45) is 0 Å². The Morgan fingerprint density at radius 1 is 1.43 bits per heavy atom. The predicted octanol–water partition coefficient (Wildman–Crippen LogP) is 3.05. The molecule has 1 aliphatic rings. The zero-order chi connectivity index (χ0) is 15.4. The van der Waals surface area contributed by atoms with Crippen LogP contribution in [0.1, 0.15) is 47.0 Å². The quantitative estimate of drug-likeness (QED) is 0.849. The fourth-order valence-corrected chi connectivity index (χ4v) is 3.42. The van der Waals surface area contributed by atoms with Gasteiger partial charge in [-0.15, -0.1) is 11.3 Å². The molecule has 1 aromatic heterocycles. The van der Waals surface area contributed by atoms with Gasteiger partial charge in [0.05, 0.1) is 24.7 Å². The van der Waals surface area contributed by atoms with Gasteiger partial charge in [-0.25, -0.2) is 4.79 Å². The van der Waals surface area contributed by atoms with Gasteiger partial charge in [0.15, 0.2) is 0 Å². The lowest BCUT2D eigenvalue weighted by Gasteiger charge is -2.10. The van der Waals surface area contributed by atoms with Gasteiger partial charge >= 0.3 is 5.97 Å². The summed E-state index contributed by atoms with van der Waals surface area (Å²) in [5.41, 5.74) is 1.34. The van der Waals surface area contributed by atoms with Crippen molar-refractivity contribution in [3.8, 4) is 0 Å². The van der Waals surface area contributed by atoms with Crippen molar-refractivity contribution in [3.63, 3.8) is 0 Å². The standard InChI is InChI=1S/C15H21NO4S/c1-4-19-15(18)13-9(2)10(3)21-14(13)16-12(17)8-11-6-5-7-20-11/h11H,4-8H2,1-3H3,(H,16,17). The normalized spacial score (nSPS) is 17.8. The lowest BCUT2D eigenvalue weighted by Crippen LogP contribution is -2.20. The molecule has 116 valence electrons. The topological polar surface area (TPSA) is 64.6 Å². The second-order valence-corrected chi connectivity index (χ2v) is 6.32. The number of carbonyl (C=O) groups excluding carboxylic acids is 2. The van der Waals surface area contributed by atoms with Crippen molar-refractivity contribution >= 4 is 28.2 Å². The van der Waals surface area contributed by atoms with Crippen molar-refractivity contribution in [2.75, 3.05) is 18.5 Å². The van der Waals surface area contributed by atoms with E-state index in [-0.39, 0.29) is 18.0 Å². The Morgan fingerprint density at radius 3 is 2.81 bits per heavy atom. The molecule has 0 bridgehead atoms. The first-order chi connectivity index (χ1) is 10.0. The fourth-order valence-electron chi connectivity index (χ4n) is 2.35. The minimum Gasteiger partial charge on any atom is -0.462 e. The van der Waals surface area contributed by atoms with E-state index in [0.717, 1.165) is 29.9 Å². The van der Waals surface area contributed by atoms with Gasteiger partial charge in [0.2, 0.25) is 5.91 Å². The molecule has 0 radical (unpaired) electrons. The average molecular weight is 311 g/mol. The minimum absolute atomic E-state index is 0.00167. The third-order valence-corrected chi connectivity index (χ3v) is 4.68. The molecule has 1 aliphatic heterocycles. The number of esters is 1. The van der Waals surface area contributed by atoms with Gasteiger partial charge in [0.1, 0.15) is 5.00 Å². The summed E-state index contributed by atoms with van der Waals surface area (Å²) in [7, 11) is 0. The number of nitrogens with one attached hydrogen (secondary N) is 1. The second-order valence-electron chi connectivity index (χ2n) is 5.10. The highest BCUT2D eigenvalue weighted by Gasteiger charge is 2.24. The van der Waals surface area contributed by atoms with Crippen molar-refractivity contribution in [1.82, 2.24) is 0 Å². The van der Waals surface area contributed by atoms with Crippen molar-refractivity contribution < 1.29 is 19.1 Å². The fraction of sp³-hybridized carbons (Fsp3) is 0.600. The SMILES string of the molecule is CCOC(=O)c1c(NC(=O)CC2CCCO2)sc(C)c1C. The Balaban J connectivity index is 2.09. The van der Waals surface area contributed by atoms with Crippen LogP contribution in [0.2, 0.25) is 0 Å². The smallest absolute Gasteiger partial charge is 0.341 e. The number of ether oxygens (including phenoxy) is 2. The first kappa shape index (κ1) is 16.0. The van der Waals surface area contributed by atoms with Crippen LogP contribution in [0.3, 0.4) is 0 Å². The molecule has 1 N–H and O–H groups in total. The molecule has 5 nitrogen and oxygen atoms in total. The summed E-state index contributed by atoms with van der Waals surface area (Å²) in [4.78, 5) is 25.1. The third kappa shape index (κ3) is 3.83. The number of hydrogen-bond donors (Lipinski definition) is 1. The van der Waals surface area contributed by atoms with Crippen LogP contribution >= 0.6 is 11.3 Å². The lowest BCUT2D eigenvalue weighted by atomic mass is 10.1. The van der Waals surface area contributed by atoms with E-state index < -0.39 is 0 Å². The van der Waals surface area contributed by atoms with Gasteiger partial charge in [-0.1, -0.05) is 0 Å². The van der Waals surface area contributed by atoms with Crippen LogP contribution in [0.15, 0.2) is 0 Å². The Bertz CT molecular complexity index is 532. The molecular weight excluding hydrogens is 290 g/mol. The largest absolute Gasteiger partial charge is 0.462 e. The summed E-state index contributed by atoms with van der Waals surface area (Å²) < 4.78 is 10.5. The van der Waals surface area contributed by atoms with Crippen LogP contribution in [0, 0.1) is 13.8 Å². The maximum atomic E-state index is 12.1. The molecule has 2 rings (SSSR count). The number of amides is 1. The molecule has 1 atom stereocenters. The summed E-state index contributed by atoms with van der Waals surface area (Å²) in [6.07, 6.45) is 2.25. The molecular formula is C15H21NO4S. The van der Waals surface area contributed by atoms with Crippen LogP contribution in [-0.4, -0.2) is 31.2 Å². The van der Waals surface area contributed by atoms with E-state index in [1.165, 1.54) is 11.3 Å². The molecule has 0 aromatic carbocycles. The van der Waals surface area contributed by atoms with Gasteiger partial charge in [-0.3, -0.25) is 4.79 Å². The van der Waals surface area contributed by atoms with Crippen molar-refractivity contribution in [3.05, 3.63) is 16.0 Å². The highest BCUT2D eigenvalue weighted by Crippen LogP contribution is 2.33.